The fourth-order valence-electron chi connectivity index (χ4n) is 2.41. The van der Waals surface area contributed by atoms with E-state index in [-0.39, 0.29) is 19.2 Å². The third-order valence-electron chi connectivity index (χ3n) is 3.57. The number of halogens is 3. The van der Waals surface area contributed by atoms with Crippen LogP contribution in [0.25, 0.3) is 0 Å². The highest BCUT2D eigenvalue weighted by Gasteiger charge is 2.34. The number of nitrogens with zero attached hydrogens (tertiary/aromatic N) is 2. The van der Waals surface area contributed by atoms with Gasteiger partial charge in [0.05, 0.1) is 25.5 Å². The third kappa shape index (κ3) is 5.34. The first-order chi connectivity index (χ1) is 10.3. The van der Waals surface area contributed by atoms with E-state index in [4.69, 9.17) is 4.42 Å². The molecule has 0 unspecified atom stereocenters. The second-order valence-corrected chi connectivity index (χ2v) is 5.45. The Bertz CT molecular complexity index is 468. The molecular formula is C14H19F3N2O3. The summed E-state index contributed by atoms with van der Waals surface area (Å²) in [6, 6.07) is 3.10. The molecule has 0 saturated carbocycles. The van der Waals surface area contributed by atoms with Crippen molar-refractivity contribution < 1.29 is 27.5 Å². The van der Waals surface area contributed by atoms with Gasteiger partial charge in [-0.25, -0.2) is 0 Å². The number of hydrogen-bond donors (Lipinski definition) is 1. The molecular weight excluding hydrogens is 301 g/mol. The minimum Gasteiger partial charge on any atom is -0.467 e. The standard InChI is InChI=1S/C14H19F3N2O3/c15-14(16,17)10-19(8-12-2-1-7-22-12)13(21)9-18-5-3-11(20)4-6-18/h1-2,7,11,20H,3-6,8-10H2. The number of carbonyl (C=O) groups is 1. The third-order valence-corrected chi connectivity index (χ3v) is 3.57. The van der Waals surface area contributed by atoms with E-state index in [2.05, 4.69) is 0 Å². The average molecular weight is 320 g/mol. The lowest BCUT2D eigenvalue weighted by Crippen LogP contribution is -2.46. The average Bonchev–Trinajstić information content (AvgIpc) is 2.92. The molecule has 22 heavy (non-hydrogen) atoms. The molecule has 0 bridgehead atoms. The SMILES string of the molecule is O=C(CN1CCC(O)CC1)N(Cc1ccco1)CC(F)(F)F. The number of likely N-dealkylation sites (tertiary alicyclic amines) is 1. The predicted molar refractivity (Wildman–Crippen MR) is 71.9 cm³/mol. The van der Waals surface area contributed by atoms with Gasteiger partial charge in [-0.2, -0.15) is 13.2 Å². The molecule has 0 spiro atoms. The lowest BCUT2D eigenvalue weighted by Gasteiger charge is -2.31. The molecule has 1 fully saturated rings. The summed E-state index contributed by atoms with van der Waals surface area (Å²) >= 11 is 0. The topological polar surface area (TPSA) is 56.9 Å². The largest absolute Gasteiger partial charge is 0.467 e. The zero-order valence-corrected chi connectivity index (χ0v) is 12.1. The fraction of sp³-hybridized carbons (Fsp3) is 0.643. The van der Waals surface area contributed by atoms with Gasteiger partial charge in [0.15, 0.2) is 0 Å². The molecule has 2 rings (SSSR count). The maximum absolute atomic E-state index is 12.7. The van der Waals surface area contributed by atoms with Gasteiger partial charge in [-0.15, -0.1) is 0 Å². The Labute approximate surface area is 126 Å². The summed E-state index contributed by atoms with van der Waals surface area (Å²) in [6.07, 6.45) is -2.42. The fourth-order valence-corrected chi connectivity index (χ4v) is 2.41. The highest BCUT2D eigenvalue weighted by Crippen LogP contribution is 2.19. The highest BCUT2D eigenvalue weighted by atomic mass is 19.4. The van der Waals surface area contributed by atoms with Crippen LogP contribution in [0.2, 0.25) is 0 Å². The summed E-state index contributed by atoms with van der Waals surface area (Å²) in [7, 11) is 0. The van der Waals surface area contributed by atoms with Gasteiger partial charge in [0.25, 0.3) is 0 Å². The maximum atomic E-state index is 12.7. The molecule has 1 saturated heterocycles. The van der Waals surface area contributed by atoms with E-state index in [0.717, 1.165) is 4.90 Å². The summed E-state index contributed by atoms with van der Waals surface area (Å²) in [6.45, 7) is -0.574. The number of furan rings is 1. The first-order valence-electron chi connectivity index (χ1n) is 7.11. The van der Waals surface area contributed by atoms with Crippen LogP contribution in [-0.2, 0) is 11.3 Å². The Morgan fingerprint density at radius 1 is 1.41 bits per heavy atom. The van der Waals surface area contributed by atoms with Crippen LogP contribution in [-0.4, -0.2) is 59.3 Å². The summed E-state index contributed by atoms with van der Waals surface area (Å²) in [5.74, 6) is -0.281. The van der Waals surface area contributed by atoms with Gasteiger partial charge in [0.1, 0.15) is 12.3 Å². The summed E-state index contributed by atoms with van der Waals surface area (Å²) in [5, 5.41) is 9.41. The normalized spacial score (nSPS) is 17.6. The summed E-state index contributed by atoms with van der Waals surface area (Å²) in [5.41, 5.74) is 0. The molecule has 1 amide bonds. The minimum absolute atomic E-state index is 0.0799. The quantitative estimate of drug-likeness (QED) is 0.896. The Kier molecular flexibility index (Phi) is 5.47. The van der Waals surface area contributed by atoms with Crippen molar-refractivity contribution in [2.75, 3.05) is 26.2 Å². The van der Waals surface area contributed by atoms with E-state index in [1.165, 1.54) is 12.3 Å². The Hall–Kier alpha value is -1.54. The molecule has 1 aliphatic rings. The predicted octanol–water partition coefficient (Wildman–Crippen LogP) is 1.63. The molecule has 1 aliphatic heterocycles. The smallest absolute Gasteiger partial charge is 0.406 e. The van der Waals surface area contributed by atoms with E-state index in [9.17, 15) is 23.1 Å². The molecule has 0 aromatic carbocycles. The minimum atomic E-state index is -4.46. The van der Waals surface area contributed by atoms with Gasteiger partial charge in [0, 0.05) is 13.1 Å². The van der Waals surface area contributed by atoms with Crippen molar-refractivity contribution in [3.05, 3.63) is 24.2 Å². The zero-order chi connectivity index (χ0) is 16.2. The first kappa shape index (κ1) is 16.8. The molecule has 1 aromatic rings. The van der Waals surface area contributed by atoms with Crippen molar-refractivity contribution in [2.45, 2.75) is 31.7 Å². The van der Waals surface area contributed by atoms with Crippen molar-refractivity contribution in [3.63, 3.8) is 0 Å². The lowest BCUT2D eigenvalue weighted by molar-refractivity contribution is -0.163. The van der Waals surface area contributed by atoms with Crippen LogP contribution in [0.4, 0.5) is 13.2 Å². The number of hydrogen-bond acceptors (Lipinski definition) is 4. The molecule has 5 nitrogen and oxygen atoms in total. The van der Waals surface area contributed by atoms with Crippen LogP contribution in [0, 0.1) is 0 Å². The van der Waals surface area contributed by atoms with Crippen LogP contribution in [0.3, 0.4) is 0 Å². The van der Waals surface area contributed by atoms with E-state index >= 15 is 0 Å². The molecule has 0 atom stereocenters. The Morgan fingerprint density at radius 2 is 2.09 bits per heavy atom. The number of aliphatic hydroxyl groups is 1. The second-order valence-electron chi connectivity index (χ2n) is 5.45. The highest BCUT2D eigenvalue weighted by molar-refractivity contribution is 5.78. The number of piperidine rings is 1. The van der Waals surface area contributed by atoms with Gasteiger partial charge in [-0.1, -0.05) is 0 Å². The molecule has 1 aromatic heterocycles. The van der Waals surface area contributed by atoms with E-state index < -0.39 is 18.6 Å². The lowest BCUT2D eigenvalue weighted by atomic mass is 10.1. The van der Waals surface area contributed by atoms with Crippen molar-refractivity contribution in [3.8, 4) is 0 Å². The van der Waals surface area contributed by atoms with Crippen LogP contribution in [0.15, 0.2) is 22.8 Å². The number of carbonyl (C=O) groups excluding carboxylic acids is 1. The monoisotopic (exact) mass is 320 g/mol. The molecule has 2 heterocycles. The van der Waals surface area contributed by atoms with Gasteiger partial charge in [0.2, 0.25) is 5.91 Å². The zero-order valence-electron chi connectivity index (χ0n) is 12.1. The molecule has 1 N–H and O–H groups in total. The second kappa shape index (κ2) is 7.15. The van der Waals surface area contributed by atoms with Gasteiger partial charge in [-0.05, 0) is 25.0 Å². The molecule has 124 valence electrons. The van der Waals surface area contributed by atoms with Crippen LogP contribution in [0.5, 0.6) is 0 Å². The molecule has 8 heteroatoms. The van der Waals surface area contributed by atoms with Gasteiger partial charge >= 0.3 is 6.18 Å². The van der Waals surface area contributed by atoms with Crippen LogP contribution in [0.1, 0.15) is 18.6 Å². The number of alkyl halides is 3. The Morgan fingerprint density at radius 3 is 2.64 bits per heavy atom. The van der Waals surface area contributed by atoms with Crippen molar-refractivity contribution in [1.82, 2.24) is 9.80 Å². The van der Waals surface area contributed by atoms with Gasteiger partial charge in [-0.3, -0.25) is 9.69 Å². The van der Waals surface area contributed by atoms with Crippen molar-refractivity contribution in [2.24, 2.45) is 0 Å². The van der Waals surface area contributed by atoms with Crippen LogP contribution >= 0.6 is 0 Å². The van der Waals surface area contributed by atoms with Crippen LogP contribution < -0.4 is 0 Å². The Balaban J connectivity index is 1.95. The number of rotatable bonds is 5. The molecule has 0 radical (unpaired) electrons. The molecule has 0 aliphatic carbocycles. The van der Waals surface area contributed by atoms with E-state index in [0.29, 0.717) is 31.7 Å². The van der Waals surface area contributed by atoms with Crippen molar-refractivity contribution in [1.29, 1.82) is 0 Å². The van der Waals surface area contributed by atoms with Crippen molar-refractivity contribution >= 4 is 5.91 Å². The summed E-state index contributed by atoms with van der Waals surface area (Å²) < 4.78 is 43.0. The number of aliphatic hydroxyl groups excluding tert-OH is 1. The van der Waals surface area contributed by atoms with E-state index in [1.807, 2.05) is 0 Å². The number of amides is 1. The summed E-state index contributed by atoms with van der Waals surface area (Å²) in [4.78, 5) is 14.7. The van der Waals surface area contributed by atoms with E-state index in [1.54, 1.807) is 11.0 Å². The van der Waals surface area contributed by atoms with Gasteiger partial charge < -0.3 is 14.4 Å². The maximum Gasteiger partial charge on any atom is 0.406 e. The first-order valence-corrected chi connectivity index (χ1v) is 7.11.